The number of rotatable bonds is 2. The fourth-order valence-corrected chi connectivity index (χ4v) is 4.60. The molecule has 0 aliphatic carbocycles. The molecule has 2 aliphatic rings. The third kappa shape index (κ3) is 1.61. The fraction of sp³-hybridized carbons (Fsp3) is 1.00. The van der Waals surface area contributed by atoms with Gasteiger partial charge in [0.25, 0.3) is 0 Å². The van der Waals surface area contributed by atoms with Gasteiger partial charge in [-0.25, -0.2) is 8.42 Å². The third-order valence-corrected chi connectivity index (χ3v) is 6.01. The third-order valence-electron chi connectivity index (χ3n) is 3.99. The van der Waals surface area contributed by atoms with Crippen molar-refractivity contribution in [3.05, 3.63) is 0 Å². The Bertz CT molecular complexity index is 350. The summed E-state index contributed by atoms with van der Waals surface area (Å²) in [5.41, 5.74) is -0.219. The minimum atomic E-state index is -3.04. The zero-order valence-corrected chi connectivity index (χ0v) is 10.5. The molecule has 2 aliphatic heterocycles. The Kier molecular flexibility index (Phi) is 2.60. The molecule has 0 aromatic heterocycles. The van der Waals surface area contributed by atoms with E-state index in [-0.39, 0.29) is 11.3 Å². The predicted octanol–water partition coefficient (Wildman–Crippen LogP) is 0.266. The van der Waals surface area contributed by atoms with Crippen LogP contribution in [0.15, 0.2) is 0 Å². The maximum atomic E-state index is 12.0. The van der Waals surface area contributed by atoms with Crippen LogP contribution in [0.3, 0.4) is 0 Å². The number of nitrogens with one attached hydrogen (secondary N) is 1. The van der Waals surface area contributed by atoms with E-state index in [0.29, 0.717) is 18.4 Å². The van der Waals surface area contributed by atoms with Gasteiger partial charge < -0.3 is 5.32 Å². The van der Waals surface area contributed by atoms with E-state index in [1.54, 1.807) is 11.2 Å². The first-order chi connectivity index (χ1) is 6.89. The predicted molar refractivity (Wildman–Crippen MR) is 60.1 cm³/mol. The number of hydrogen-bond donors (Lipinski definition) is 1. The van der Waals surface area contributed by atoms with Crippen molar-refractivity contribution < 1.29 is 8.42 Å². The van der Waals surface area contributed by atoms with Gasteiger partial charge in [-0.05, 0) is 39.2 Å². The average Bonchev–Trinajstić information content (AvgIpc) is 2.69. The van der Waals surface area contributed by atoms with E-state index in [1.807, 2.05) is 0 Å². The maximum Gasteiger partial charge on any atom is 0.214 e. The van der Waals surface area contributed by atoms with Gasteiger partial charge in [-0.3, -0.25) is 0 Å². The van der Waals surface area contributed by atoms with Gasteiger partial charge in [0.15, 0.2) is 0 Å². The van der Waals surface area contributed by atoms with Crippen LogP contribution in [0.5, 0.6) is 0 Å². The Morgan fingerprint density at radius 2 is 2.07 bits per heavy atom. The Balaban J connectivity index is 2.30. The molecule has 5 heteroatoms. The fourth-order valence-electron chi connectivity index (χ4n) is 3.01. The summed E-state index contributed by atoms with van der Waals surface area (Å²) in [5.74, 6) is 1.18. The largest absolute Gasteiger partial charge is 0.316 e. The summed E-state index contributed by atoms with van der Waals surface area (Å²) in [7, 11) is -3.04. The SMILES string of the molecule is CCS(=O)(=O)N1CC2CNCC2C1(C)C. The molecule has 2 heterocycles. The molecule has 2 atom stereocenters. The highest BCUT2D eigenvalue weighted by molar-refractivity contribution is 7.89. The lowest BCUT2D eigenvalue weighted by molar-refractivity contribution is 0.233. The summed E-state index contributed by atoms with van der Waals surface area (Å²) in [6, 6.07) is 0. The lowest BCUT2D eigenvalue weighted by Gasteiger charge is -2.34. The first kappa shape index (κ1) is 11.4. The topological polar surface area (TPSA) is 49.4 Å². The van der Waals surface area contributed by atoms with E-state index in [4.69, 9.17) is 0 Å². The van der Waals surface area contributed by atoms with E-state index in [0.717, 1.165) is 13.1 Å². The van der Waals surface area contributed by atoms with Crippen LogP contribution in [0.2, 0.25) is 0 Å². The van der Waals surface area contributed by atoms with Crippen LogP contribution in [-0.4, -0.2) is 43.6 Å². The Morgan fingerprint density at radius 1 is 1.40 bits per heavy atom. The molecular formula is C10H20N2O2S. The first-order valence-corrected chi connectivity index (χ1v) is 7.21. The molecular weight excluding hydrogens is 212 g/mol. The molecule has 0 aromatic rings. The Hall–Kier alpha value is -0.130. The molecule has 15 heavy (non-hydrogen) atoms. The van der Waals surface area contributed by atoms with E-state index >= 15 is 0 Å². The van der Waals surface area contributed by atoms with Gasteiger partial charge in [-0.1, -0.05) is 0 Å². The second-order valence-corrected chi connectivity index (χ2v) is 7.29. The van der Waals surface area contributed by atoms with Crippen molar-refractivity contribution in [2.75, 3.05) is 25.4 Å². The van der Waals surface area contributed by atoms with Crippen LogP contribution in [-0.2, 0) is 10.0 Å². The van der Waals surface area contributed by atoms with Gasteiger partial charge >= 0.3 is 0 Å². The Morgan fingerprint density at radius 3 is 2.60 bits per heavy atom. The summed E-state index contributed by atoms with van der Waals surface area (Å²) < 4.78 is 25.6. The Labute approximate surface area is 92.1 Å². The standard InChI is InChI=1S/C10H20N2O2S/c1-4-15(13,14)12-7-8-5-11-6-9(8)10(12,2)3/h8-9,11H,4-7H2,1-3H3. The van der Waals surface area contributed by atoms with Crippen molar-refractivity contribution in [1.82, 2.24) is 9.62 Å². The highest BCUT2D eigenvalue weighted by Crippen LogP contribution is 2.42. The normalized spacial score (nSPS) is 35.7. The van der Waals surface area contributed by atoms with Crippen molar-refractivity contribution in [3.8, 4) is 0 Å². The minimum absolute atomic E-state index is 0.212. The molecule has 0 spiro atoms. The summed E-state index contributed by atoms with van der Waals surface area (Å²) in [6.45, 7) is 8.44. The van der Waals surface area contributed by atoms with E-state index in [1.165, 1.54) is 0 Å². The van der Waals surface area contributed by atoms with Crippen molar-refractivity contribution >= 4 is 10.0 Å². The van der Waals surface area contributed by atoms with Gasteiger partial charge in [0.1, 0.15) is 0 Å². The zero-order valence-electron chi connectivity index (χ0n) is 9.66. The van der Waals surface area contributed by atoms with Crippen LogP contribution in [0.4, 0.5) is 0 Å². The maximum absolute atomic E-state index is 12.0. The highest BCUT2D eigenvalue weighted by Gasteiger charge is 2.53. The van der Waals surface area contributed by atoms with E-state index < -0.39 is 10.0 Å². The van der Waals surface area contributed by atoms with Crippen LogP contribution >= 0.6 is 0 Å². The highest BCUT2D eigenvalue weighted by atomic mass is 32.2. The minimum Gasteiger partial charge on any atom is -0.316 e. The van der Waals surface area contributed by atoms with Gasteiger partial charge in [0, 0.05) is 18.6 Å². The van der Waals surface area contributed by atoms with Gasteiger partial charge in [0.05, 0.1) is 5.75 Å². The molecule has 0 radical (unpaired) electrons. The zero-order chi connectivity index (χ0) is 11.3. The number of nitrogens with zero attached hydrogens (tertiary/aromatic N) is 1. The lowest BCUT2D eigenvalue weighted by atomic mass is 9.85. The summed E-state index contributed by atoms with van der Waals surface area (Å²) >= 11 is 0. The van der Waals surface area contributed by atoms with Crippen LogP contribution in [0.1, 0.15) is 20.8 Å². The molecule has 0 aromatic carbocycles. The van der Waals surface area contributed by atoms with Crippen molar-refractivity contribution in [3.63, 3.8) is 0 Å². The van der Waals surface area contributed by atoms with E-state index in [9.17, 15) is 8.42 Å². The van der Waals surface area contributed by atoms with Crippen molar-refractivity contribution in [2.24, 2.45) is 11.8 Å². The quantitative estimate of drug-likeness (QED) is 0.743. The summed E-state index contributed by atoms with van der Waals surface area (Å²) in [5, 5.41) is 3.35. The molecule has 2 rings (SSSR count). The molecule has 1 N–H and O–H groups in total. The van der Waals surface area contributed by atoms with Crippen LogP contribution in [0.25, 0.3) is 0 Å². The second-order valence-electron chi connectivity index (χ2n) is 5.11. The van der Waals surface area contributed by atoms with E-state index in [2.05, 4.69) is 19.2 Å². The molecule has 0 amide bonds. The first-order valence-electron chi connectivity index (χ1n) is 5.61. The van der Waals surface area contributed by atoms with Gasteiger partial charge in [0.2, 0.25) is 10.0 Å². The van der Waals surface area contributed by atoms with Crippen molar-refractivity contribution in [1.29, 1.82) is 0 Å². The average molecular weight is 232 g/mol. The number of sulfonamides is 1. The lowest BCUT2D eigenvalue weighted by Crippen LogP contribution is -2.48. The molecule has 88 valence electrons. The number of hydrogen-bond acceptors (Lipinski definition) is 3. The summed E-state index contributed by atoms with van der Waals surface area (Å²) in [6.07, 6.45) is 0. The monoisotopic (exact) mass is 232 g/mol. The molecule has 0 bridgehead atoms. The van der Waals surface area contributed by atoms with Crippen molar-refractivity contribution in [2.45, 2.75) is 26.3 Å². The molecule has 2 saturated heterocycles. The van der Waals surface area contributed by atoms with Gasteiger partial charge in [-0.15, -0.1) is 0 Å². The molecule has 2 fully saturated rings. The smallest absolute Gasteiger partial charge is 0.214 e. The molecule has 2 unspecified atom stereocenters. The number of fused-ring (bicyclic) bond motifs is 1. The summed E-state index contributed by atoms with van der Waals surface area (Å²) in [4.78, 5) is 0. The van der Waals surface area contributed by atoms with Crippen LogP contribution in [0, 0.1) is 11.8 Å². The van der Waals surface area contributed by atoms with Gasteiger partial charge in [-0.2, -0.15) is 4.31 Å². The molecule has 0 saturated carbocycles. The molecule has 4 nitrogen and oxygen atoms in total. The second kappa shape index (κ2) is 3.43. The van der Waals surface area contributed by atoms with Crippen LogP contribution < -0.4 is 5.32 Å².